The molecule has 2 aromatic carbocycles. The second kappa shape index (κ2) is 8.94. The van der Waals surface area contributed by atoms with Gasteiger partial charge in [-0.3, -0.25) is 9.52 Å². The van der Waals surface area contributed by atoms with Gasteiger partial charge < -0.3 is 10.2 Å². The molecule has 0 unspecified atom stereocenters. The lowest BCUT2D eigenvalue weighted by Crippen LogP contribution is -2.52. The lowest BCUT2D eigenvalue weighted by Gasteiger charge is -2.34. The van der Waals surface area contributed by atoms with E-state index in [1.807, 2.05) is 31.7 Å². The Kier molecular flexibility index (Phi) is 7.09. The van der Waals surface area contributed by atoms with Crippen molar-refractivity contribution >= 4 is 34.0 Å². The van der Waals surface area contributed by atoms with Crippen LogP contribution in [0.15, 0.2) is 47.4 Å². The fraction of sp³-hybridized carbons (Fsp3) is 0.350. The number of hydrogen-bond donors (Lipinski definition) is 2. The van der Waals surface area contributed by atoms with Crippen LogP contribution < -0.4 is 10.0 Å². The van der Waals surface area contributed by atoms with Crippen molar-refractivity contribution in [3.05, 3.63) is 59.2 Å². The molecule has 2 N–H and O–H groups in total. The molecule has 0 aliphatic carbocycles. The highest BCUT2D eigenvalue weighted by Crippen LogP contribution is 2.20. The van der Waals surface area contributed by atoms with Gasteiger partial charge >= 0.3 is 0 Å². The number of nitrogens with zero attached hydrogens (tertiary/aromatic N) is 1. The molecule has 0 spiro atoms. The van der Waals surface area contributed by atoms with Crippen LogP contribution in [0.5, 0.6) is 0 Å². The maximum atomic E-state index is 12.7. The van der Waals surface area contributed by atoms with Crippen LogP contribution in [0, 0.1) is 13.8 Å². The Labute approximate surface area is 172 Å². The van der Waals surface area contributed by atoms with Crippen LogP contribution in [0.1, 0.15) is 28.4 Å². The highest BCUT2D eigenvalue weighted by atomic mass is 35.5. The van der Waals surface area contributed by atoms with Gasteiger partial charge in [-0.15, -0.1) is 12.4 Å². The number of benzene rings is 2. The van der Waals surface area contributed by atoms with Crippen molar-refractivity contribution in [1.29, 1.82) is 0 Å². The third-order valence-corrected chi connectivity index (χ3v) is 6.33. The van der Waals surface area contributed by atoms with Crippen molar-refractivity contribution in [2.45, 2.75) is 31.7 Å². The van der Waals surface area contributed by atoms with Crippen molar-refractivity contribution in [1.82, 2.24) is 10.2 Å². The molecule has 0 saturated carbocycles. The molecule has 0 bridgehead atoms. The minimum atomic E-state index is -3.71. The highest BCUT2D eigenvalue weighted by Gasteiger charge is 2.24. The van der Waals surface area contributed by atoms with E-state index in [0.29, 0.717) is 17.8 Å². The van der Waals surface area contributed by atoms with Crippen LogP contribution in [0.2, 0.25) is 0 Å². The van der Waals surface area contributed by atoms with Gasteiger partial charge in [0.25, 0.3) is 15.9 Å². The van der Waals surface area contributed by atoms with Crippen molar-refractivity contribution in [3.8, 4) is 0 Å². The topological polar surface area (TPSA) is 78.5 Å². The van der Waals surface area contributed by atoms with Crippen molar-refractivity contribution < 1.29 is 13.2 Å². The molecule has 6 nitrogen and oxygen atoms in total. The van der Waals surface area contributed by atoms with E-state index in [9.17, 15) is 13.2 Å². The summed E-state index contributed by atoms with van der Waals surface area (Å²) < 4.78 is 27.8. The van der Waals surface area contributed by atoms with Gasteiger partial charge in [0, 0.05) is 36.9 Å². The number of sulfonamides is 1. The summed E-state index contributed by atoms with van der Waals surface area (Å²) in [7, 11) is -3.71. The van der Waals surface area contributed by atoms with Gasteiger partial charge in [0.05, 0.1) is 4.90 Å². The molecule has 3 rings (SSSR count). The smallest absolute Gasteiger partial charge is 0.261 e. The maximum absolute atomic E-state index is 12.7. The molecule has 152 valence electrons. The molecular formula is C20H26ClN3O3S. The molecule has 1 aliphatic heterocycles. The molecule has 0 aromatic heterocycles. The van der Waals surface area contributed by atoms with Crippen LogP contribution in [-0.2, 0) is 10.0 Å². The van der Waals surface area contributed by atoms with Crippen LogP contribution in [0.3, 0.4) is 0 Å². The molecule has 1 heterocycles. The van der Waals surface area contributed by atoms with E-state index in [0.717, 1.165) is 24.2 Å². The summed E-state index contributed by atoms with van der Waals surface area (Å²) in [5.74, 6) is -0.0740. The third kappa shape index (κ3) is 4.84. The SMILES string of the molecule is Cc1ccc(NS(=O)(=O)c2ccc(C(=O)N3CCNC[C@H]3C)cc2)cc1C.Cl. The van der Waals surface area contributed by atoms with Crippen LogP contribution in [-0.4, -0.2) is 44.9 Å². The standard InChI is InChI=1S/C20H25N3O3S.ClH/c1-14-4-7-18(12-15(14)2)22-27(25,26)19-8-5-17(6-9-19)20(24)23-11-10-21-13-16(23)3;/h4-9,12,16,21-22H,10-11,13H2,1-3H3;1H/t16-;/m1./s1. The fourth-order valence-corrected chi connectivity index (χ4v) is 4.15. The summed E-state index contributed by atoms with van der Waals surface area (Å²) in [6.45, 7) is 8.08. The Morgan fingerprint density at radius 2 is 1.79 bits per heavy atom. The van der Waals surface area contributed by atoms with E-state index in [2.05, 4.69) is 10.0 Å². The third-order valence-electron chi connectivity index (χ3n) is 4.93. The average molecular weight is 424 g/mol. The lowest BCUT2D eigenvalue weighted by atomic mass is 10.1. The number of carbonyl (C=O) groups excluding carboxylic acids is 1. The number of hydrogen-bond acceptors (Lipinski definition) is 4. The normalized spacial score (nSPS) is 17.0. The lowest BCUT2D eigenvalue weighted by molar-refractivity contribution is 0.0655. The number of anilines is 1. The first-order valence-corrected chi connectivity index (χ1v) is 10.5. The molecule has 8 heteroatoms. The predicted octanol–water partition coefficient (Wildman–Crippen LogP) is 2.96. The first-order valence-electron chi connectivity index (χ1n) is 9.00. The fourth-order valence-electron chi connectivity index (χ4n) is 3.10. The van der Waals surface area contributed by atoms with Gasteiger partial charge in [-0.05, 0) is 68.3 Å². The van der Waals surface area contributed by atoms with Gasteiger partial charge in [-0.2, -0.15) is 0 Å². The molecule has 0 radical (unpaired) electrons. The summed E-state index contributed by atoms with van der Waals surface area (Å²) >= 11 is 0. The Bertz CT molecular complexity index is 946. The molecule has 1 fully saturated rings. The van der Waals surface area contributed by atoms with E-state index in [1.165, 1.54) is 12.1 Å². The van der Waals surface area contributed by atoms with Gasteiger partial charge in [-0.1, -0.05) is 6.07 Å². The van der Waals surface area contributed by atoms with Crippen LogP contribution >= 0.6 is 12.4 Å². The Hall–Kier alpha value is -2.09. The van der Waals surface area contributed by atoms with E-state index in [4.69, 9.17) is 0 Å². The van der Waals surface area contributed by atoms with Gasteiger partial charge in [0.2, 0.25) is 0 Å². The second-order valence-corrected chi connectivity index (χ2v) is 8.66. The number of rotatable bonds is 4. The maximum Gasteiger partial charge on any atom is 0.261 e. The van der Waals surface area contributed by atoms with Crippen molar-refractivity contribution in [2.24, 2.45) is 0 Å². The number of halogens is 1. The van der Waals surface area contributed by atoms with Crippen molar-refractivity contribution in [2.75, 3.05) is 24.4 Å². The number of carbonyl (C=O) groups is 1. The van der Waals surface area contributed by atoms with Gasteiger partial charge in [0.1, 0.15) is 0 Å². The second-order valence-electron chi connectivity index (χ2n) is 6.98. The van der Waals surface area contributed by atoms with Gasteiger partial charge in [0.15, 0.2) is 0 Å². The Morgan fingerprint density at radius 1 is 1.11 bits per heavy atom. The quantitative estimate of drug-likeness (QED) is 0.792. The molecule has 1 saturated heterocycles. The number of aryl methyl sites for hydroxylation is 2. The molecule has 2 aromatic rings. The Morgan fingerprint density at radius 3 is 2.39 bits per heavy atom. The van der Waals surface area contributed by atoms with Gasteiger partial charge in [-0.25, -0.2) is 8.42 Å². The zero-order chi connectivity index (χ0) is 19.6. The van der Waals surface area contributed by atoms with Crippen LogP contribution in [0.25, 0.3) is 0 Å². The van der Waals surface area contributed by atoms with E-state index >= 15 is 0 Å². The number of piperazine rings is 1. The summed E-state index contributed by atoms with van der Waals surface area (Å²) in [6.07, 6.45) is 0. The number of amides is 1. The van der Waals surface area contributed by atoms with E-state index < -0.39 is 10.0 Å². The summed E-state index contributed by atoms with van der Waals surface area (Å²) in [5.41, 5.74) is 3.13. The molecule has 1 aliphatic rings. The summed E-state index contributed by atoms with van der Waals surface area (Å²) in [6, 6.07) is 11.6. The number of nitrogens with one attached hydrogen (secondary N) is 2. The predicted molar refractivity (Wildman–Crippen MR) is 114 cm³/mol. The molecule has 28 heavy (non-hydrogen) atoms. The minimum absolute atomic E-state index is 0. The average Bonchev–Trinajstić information content (AvgIpc) is 2.64. The molecule has 1 amide bonds. The van der Waals surface area contributed by atoms with Crippen molar-refractivity contribution in [3.63, 3.8) is 0 Å². The zero-order valence-corrected chi connectivity index (χ0v) is 17.9. The highest BCUT2D eigenvalue weighted by molar-refractivity contribution is 7.92. The van der Waals surface area contributed by atoms with E-state index in [1.54, 1.807) is 24.3 Å². The zero-order valence-electron chi connectivity index (χ0n) is 16.2. The first kappa shape index (κ1) is 22.2. The first-order chi connectivity index (χ1) is 12.8. The largest absolute Gasteiger partial charge is 0.333 e. The minimum Gasteiger partial charge on any atom is -0.333 e. The monoisotopic (exact) mass is 423 g/mol. The van der Waals surface area contributed by atoms with E-state index in [-0.39, 0.29) is 29.3 Å². The van der Waals surface area contributed by atoms with Crippen LogP contribution in [0.4, 0.5) is 5.69 Å². The Balaban J connectivity index is 0.00000280. The molecule has 1 atom stereocenters. The summed E-state index contributed by atoms with van der Waals surface area (Å²) in [4.78, 5) is 14.6. The summed E-state index contributed by atoms with van der Waals surface area (Å²) in [5, 5.41) is 3.25. The molecular weight excluding hydrogens is 398 g/mol.